The molecule has 1 N–H and O–H groups in total. The molecule has 0 saturated carbocycles. The monoisotopic (exact) mass is 232 g/mol. The van der Waals surface area contributed by atoms with Gasteiger partial charge in [-0.2, -0.15) is 0 Å². The van der Waals surface area contributed by atoms with Gasteiger partial charge in [0.15, 0.2) is 5.78 Å². The van der Waals surface area contributed by atoms with Crippen LogP contribution in [0, 0.1) is 5.92 Å². The third-order valence-corrected chi connectivity index (χ3v) is 3.68. The zero-order chi connectivity index (χ0) is 12.3. The van der Waals surface area contributed by atoms with Crippen LogP contribution >= 0.6 is 0 Å². The Morgan fingerprint density at radius 3 is 2.94 bits per heavy atom. The van der Waals surface area contributed by atoms with Gasteiger partial charge in [0.25, 0.3) is 0 Å². The number of hydrogen-bond donors (Lipinski definition) is 1. The fraction of sp³-hybridized carbons (Fsp3) is 0.533. The molecule has 1 aliphatic carbocycles. The maximum absolute atomic E-state index is 12.4. The minimum atomic E-state index is -0.339. The number of fused-ring (bicyclic) bond motifs is 1. The molecule has 1 aliphatic rings. The first-order chi connectivity index (χ1) is 8.22. The molecule has 2 heteroatoms. The fourth-order valence-corrected chi connectivity index (χ4v) is 2.59. The van der Waals surface area contributed by atoms with E-state index in [-0.39, 0.29) is 17.8 Å². The number of ketones is 1. The minimum Gasteiger partial charge on any atom is -0.393 e. The van der Waals surface area contributed by atoms with E-state index in [1.807, 2.05) is 31.2 Å². The summed E-state index contributed by atoms with van der Waals surface area (Å²) >= 11 is 0. The van der Waals surface area contributed by atoms with Gasteiger partial charge in [-0.15, -0.1) is 0 Å². The molecule has 2 unspecified atom stereocenters. The molecule has 0 spiro atoms. The number of carbonyl (C=O) groups excluding carboxylic acids is 1. The number of hydrogen-bond acceptors (Lipinski definition) is 2. The third-order valence-electron chi connectivity index (χ3n) is 3.68. The van der Waals surface area contributed by atoms with Crippen molar-refractivity contribution in [3.63, 3.8) is 0 Å². The predicted octanol–water partition coefficient (Wildman–Crippen LogP) is 2.98. The van der Waals surface area contributed by atoms with E-state index in [1.165, 1.54) is 5.56 Å². The molecule has 0 saturated heterocycles. The number of benzene rings is 1. The van der Waals surface area contributed by atoms with Crippen molar-refractivity contribution in [2.24, 2.45) is 5.92 Å². The zero-order valence-corrected chi connectivity index (χ0v) is 10.4. The van der Waals surface area contributed by atoms with Crippen LogP contribution in [0.4, 0.5) is 0 Å². The first kappa shape index (κ1) is 12.3. The summed E-state index contributed by atoms with van der Waals surface area (Å²) in [5, 5.41) is 9.72. The molecule has 17 heavy (non-hydrogen) atoms. The molecule has 0 aromatic heterocycles. The molecule has 0 aliphatic heterocycles. The molecule has 2 nitrogen and oxygen atoms in total. The summed E-state index contributed by atoms with van der Waals surface area (Å²) < 4.78 is 0. The Bertz CT molecular complexity index is 398. The van der Waals surface area contributed by atoms with E-state index in [4.69, 9.17) is 0 Å². The second kappa shape index (κ2) is 5.46. The highest BCUT2D eigenvalue weighted by Gasteiger charge is 2.26. The van der Waals surface area contributed by atoms with Crippen molar-refractivity contribution < 1.29 is 9.90 Å². The van der Waals surface area contributed by atoms with Crippen molar-refractivity contribution in [3.05, 3.63) is 35.4 Å². The smallest absolute Gasteiger partial charge is 0.166 e. The third kappa shape index (κ3) is 2.75. The van der Waals surface area contributed by atoms with Gasteiger partial charge in [0.2, 0.25) is 0 Å². The number of aryl methyl sites for hydroxylation is 1. The molecule has 0 heterocycles. The predicted molar refractivity (Wildman–Crippen MR) is 68.1 cm³/mol. The summed E-state index contributed by atoms with van der Waals surface area (Å²) in [4.78, 5) is 12.4. The topological polar surface area (TPSA) is 37.3 Å². The van der Waals surface area contributed by atoms with Gasteiger partial charge in [0, 0.05) is 11.5 Å². The number of carbonyl (C=O) groups is 1. The summed E-state index contributed by atoms with van der Waals surface area (Å²) in [7, 11) is 0. The van der Waals surface area contributed by atoms with Crippen molar-refractivity contribution in [2.75, 3.05) is 0 Å². The van der Waals surface area contributed by atoms with Crippen LogP contribution in [-0.4, -0.2) is 17.0 Å². The van der Waals surface area contributed by atoms with Crippen LogP contribution in [-0.2, 0) is 6.42 Å². The van der Waals surface area contributed by atoms with Gasteiger partial charge in [-0.25, -0.2) is 0 Å². The Hall–Kier alpha value is -1.15. The average Bonchev–Trinajstić information content (AvgIpc) is 2.51. The summed E-state index contributed by atoms with van der Waals surface area (Å²) in [6, 6.07) is 7.89. The normalized spacial score (nSPS) is 21.8. The largest absolute Gasteiger partial charge is 0.393 e. The van der Waals surface area contributed by atoms with Crippen molar-refractivity contribution in [3.8, 4) is 0 Å². The SMILES string of the molecule is CCC(O)CC1CCCc2ccccc2C1=O. The van der Waals surface area contributed by atoms with Crippen LogP contribution in [0.15, 0.2) is 24.3 Å². The quantitative estimate of drug-likeness (QED) is 0.813. The lowest BCUT2D eigenvalue weighted by atomic mass is 9.89. The molecule has 0 bridgehead atoms. The molecule has 0 radical (unpaired) electrons. The molecule has 0 fully saturated rings. The molecule has 1 aromatic rings. The summed E-state index contributed by atoms with van der Waals surface area (Å²) in [6.45, 7) is 1.96. The van der Waals surface area contributed by atoms with Crippen molar-refractivity contribution in [1.82, 2.24) is 0 Å². The number of Topliss-reactive ketones (excluding diaryl/α,β-unsaturated/α-hetero) is 1. The number of aliphatic hydroxyl groups is 1. The summed E-state index contributed by atoms with van der Waals surface area (Å²) in [6.07, 6.45) is 3.94. The Balaban J connectivity index is 2.20. The Morgan fingerprint density at radius 2 is 2.18 bits per heavy atom. The second-order valence-corrected chi connectivity index (χ2v) is 4.91. The van der Waals surface area contributed by atoms with Crippen LogP contribution in [0.5, 0.6) is 0 Å². The van der Waals surface area contributed by atoms with Gasteiger partial charge in [0.1, 0.15) is 0 Å². The van der Waals surface area contributed by atoms with Crippen LogP contribution in [0.1, 0.15) is 48.5 Å². The van der Waals surface area contributed by atoms with E-state index >= 15 is 0 Å². The first-order valence-electron chi connectivity index (χ1n) is 6.52. The highest BCUT2D eigenvalue weighted by molar-refractivity contribution is 5.99. The van der Waals surface area contributed by atoms with Gasteiger partial charge in [-0.3, -0.25) is 4.79 Å². The molecule has 92 valence electrons. The van der Waals surface area contributed by atoms with Gasteiger partial charge in [-0.05, 0) is 37.7 Å². The van der Waals surface area contributed by atoms with E-state index in [0.717, 1.165) is 31.2 Å². The van der Waals surface area contributed by atoms with Crippen LogP contribution in [0.25, 0.3) is 0 Å². The lowest BCUT2D eigenvalue weighted by Gasteiger charge is -2.16. The van der Waals surface area contributed by atoms with E-state index in [0.29, 0.717) is 6.42 Å². The van der Waals surface area contributed by atoms with Crippen LogP contribution < -0.4 is 0 Å². The summed E-state index contributed by atoms with van der Waals surface area (Å²) in [5.74, 6) is 0.235. The molecule has 2 atom stereocenters. The molecule has 2 rings (SSSR count). The minimum absolute atomic E-state index is 0.00796. The van der Waals surface area contributed by atoms with E-state index in [2.05, 4.69) is 0 Å². The Labute approximate surface area is 103 Å². The van der Waals surface area contributed by atoms with Crippen molar-refractivity contribution >= 4 is 5.78 Å². The van der Waals surface area contributed by atoms with Gasteiger partial charge < -0.3 is 5.11 Å². The molecular formula is C15H20O2. The zero-order valence-electron chi connectivity index (χ0n) is 10.4. The average molecular weight is 232 g/mol. The molecule has 0 amide bonds. The van der Waals surface area contributed by atoms with Crippen LogP contribution in [0.2, 0.25) is 0 Å². The first-order valence-corrected chi connectivity index (χ1v) is 6.52. The number of aliphatic hydroxyl groups excluding tert-OH is 1. The van der Waals surface area contributed by atoms with Gasteiger partial charge in [-0.1, -0.05) is 31.2 Å². The maximum atomic E-state index is 12.4. The fourth-order valence-electron chi connectivity index (χ4n) is 2.59. The second-order valence-electron chi connectivity index (χ2n) is 4.91. The van der Waals surface area contributed by atoms with Crippen LogP contribution in [0.3, 0.4) is 0 Å². The number of rotatable bonds is 3. The maximum Gasteiger partial charge on any atom is 0.166 e. The van der Waals surface area contributed by atoms with Crippen molar-refractivity contribution in [2.45, 2.75) is 45.1 Å². The lowest BCUT2D eigenvalue weighted by Crippen LogP contribution is -2.20. The molecule has 1 aromatic carbocycles. The lowest BCUT2D eigenvalue weighted by molar-refractivity contribution is 0.0820. The van der Waals surface area contributed by atoms with E-state index in [9.17, 15) is 9.90 Å². The highest BCUT2D eigenvalue weighted by Crippen LogP contribution is 2.27. The Kier molecular flexibility index (Phi) is 3.95. The van der Waals surface area contributed by atoms with E-state index < -0.39 is 0 Å². The van der Waals surface area contributed by atoms with E-state index in [1.54, 1.807) is 0 Å². The standard InChI is InChI=1S/C15H20O2/c1-2-13(16)10-12-8-5-7-11-6-3-4-9-14(11)15(12)17/h3-4,6,9,12-13,16H,2,5,7-8,10H2,1H3. The summed E-state index contributed by atoms with van der Waals surface area (Å²) in [5.41, 5.74) is 2.05. The Morgan fingerprint density at radius 1 is 1.41 bits per heavy atom. The highest BCUT2D eigenvalue weighted by atomic mass is 16.3. The molecular weight excluding hydrogens is 212 g/mol. The van der Waals surface area contributed by atoms with Gasteiger partial charge >= 0.3 is 0 Å². The van der Waals surface area contributed by atoms with Gasteiger partial charge in [0.05, 0.1) is 6.10 Å². The van der Waals surface area contributed by atoms with Crippen molar-refractivity contribution in [1.29, 1.82) is 0 Å².